The molecule has 0 spiro atoms. The Morgan fingerprint density at radius 1 is 1.53 bits per heavy atom. The van der Waals surface area contributed by atoms with Crippen LogP contribution in [0.2, 0.25) is 5.02 Å². The highest BCUT2D eigenvalue weighted by molar-refractivity contribution is 8.03. The van der Waals surface area contributed by atoms with Crippen molar-refractivity contribution in [1.82, 2.24) is 0 Å². The SMILES string of the molecule is CCN1/C(=C/C=O)Sc2ccc(Cl)cc21. The number of benzene rings is 1. The van der Waals surface area contributed by atoms with Crippen LogP contribution in [0.3, 0.4) is 0 Å². The van der Waals surface area contributed by atoms with E-state index in [1.165, 1.54) is 0 Å². The molecule has 1 aliphatic rings. The average molecular weight is 240 g/mol. The maximum Gasteiger partial charge on any atom is 0.145 e. The molecule has 0 radical (unpaired) electrons. The van der Waals surface area contributed by atoms with Gasteiger partial charge in [-0.2, -0.15) is 0 Å². The van der Waals surface area contributed by atoms with Crippen molar-refractivity contribution < 1.29 is 4.79 Å². The zero-order chi connectivity index (χ0) is 10.8. The van der Waals surface area contributed by atoms with Gasteiger partial charge in [-0.3, -0.25) is 4.79 Å². The number of nitrogens with zero attached hydrogens (tertiary/aromatic N) is 1. The third-order valence-corrected chi connectivity index (χ3v) is 3.59. The first-order chi connectivity index (χ1) is 7.26. The summed E-state index contributed by atoms with van der Waals surface area (Å²) in [5, 5.41) is 1.69. The van der Waals surface area contributed by atoms with Crippen LogP contribution in [0.1, 0.15) is 6.92 Å². The van der Waals surface area contributed by atoms with E-state index in [-0.39, 0.29) is 0 Å². The molecule has 0 amide bonds. The number of hydrogen-bond donors (Lipinski definition) is 0. The second kappa shape index (κ2) is 4.29. The van der Waals surface area contributed by atoms with Crippen LogP contribution in [0.25, 0.3) is 0 Å². The topological polar surface area (TPSA) is 20.3 Å². The molecule has 2 nitrogen and oxygen atoms in total. The lowest BCUT2D eigenvalue weighted by Gasteiger charge is -2.17. The zero-order valence-corrected chi connectivity index (χ0v) is 9.81. The molecular formula is C11H10ClNOS. The van der Waals surface area contributed by atoms with E-state index < -0.39 is 0 Å². The van der Waals surface area contributed by atoms with Crippen molar-refractivity contribution in [3.8, 4) is 0 Å². The summed E-state index contributed by atoms with van der Waals surface area (Å²) in [6, 6.07) is 5.78. The fourth-order valence-corrected chi connectivity index (χ4v) is 2.85. The Kier molecular flexibility index (Phi) is 3.03. The molecule has 4 heteroatoms. The lowest BCUT2D eigenvalue weighted by molar-refractivity contribution is -0.104. The molecule has 78 valence electrons. The number of hydrogen-bond acceptors (Lipinski definition) is 3. The molecule has 15 heavy (non-hydrogen) atoms. The molecule has 0 unspecified atom stereocenters. The number of halogens is 1. The van der Waals surface area contributed by atoms with Gasteiger partial charge in [0.25, 0.3) is 0 Å². The van der Waals surface area contributed by atoms with Gasteiger partial charge >= 0.3 is 0 Å². The second-order valence-electron chi connectivity index (χ2n) is 3.10. The number of aldehydes is 1. The summed E-state index contributed by atoms with van der Waals surface area (Å²) in [6.45, 7) is 2.88. The van der Waals surface area contributed by atoms with Crippen molar-refractivity contribution >= 4 is 35.3 Å². The molecule has 0 saturated heterocycles. The quantitative estimate of drug-likeness (QED) is 0.583. The smallest absolute Gasteiger partial charge is 0.145 e. The van der Waals surface area contributed by atoms with E-state index in [0.29, 0.717) is 0 Å². The van der Waals surface area contributed by atoms with Crippen molar-refractivity contribution in [2.75, 3.05) is 11.4 Å². The van der Waals surface area contributed by atoms with Gasteiger partial charge in [0.05, 0.1) is 10.7 Å². The van der Waals surface area contributed by atoms with Crippen molar-refractivity contribution in [3.63, 3.8) is 0 Å². The van der Waals surface area contributed by atoms with E-state index >= 15 is 0 Å². The molecule has 0 aromatic heterocycles. The summed E-state index contributed by atoms with van der Waals surface area (Å²) in [6.07, 6.45) is 2.40. The lowest BCUT2D eigenvalue weighted by Crippen LogP contribution is -2.16. The Hall–Kier alpha value is -0.930. The van der Waals surface area contributed by atoms with Crippen LogP contribution in [0, 0.1) is 0 Å². The molecule has 2 rings (SSSR count). The molecule has 0 aliphatic carbocycles. The van der Waals surface area contributed by atoms with Gasteiger partial charge in [-0.15, -0.1) is 0 Å². The van der Waals surface area contributed by atoms with Crippen LogP contribution in [0.15, 0.2) is 34.2 Å². The summed E-state index contributed by atoms with van der Waals surface area (Å²) < 4.78 is 0. The summed E-state index contributed by atoms with van der Waals surface area (Å²) in [5.41, 5.74) is 1.09. The average Bonchev–Trinajstić information content (AvgIpc) is 2.55. The zero-order valence-electron chi connectivity index (χ0n) is 8.24. The number of rotatable bonds is 2. The fraction of sp³-hybridized carbons (Fsp3) is 0.182. The number of allylic oxidation sites excluding steroid dienone is 1. The van der Waals surface area contributed by atoms with Gasteiger partial charge in [0.15, 0.2) is 0 Å². The number of carbonyl (C=O) groups excluding carboxylic acids is 1. The van der Waals surface area contributed by atoms with Gasteiger partial charge in [-0.25, -0.2) is 0 Å². The van der Waals surface area contributed by atoms with Gasteiger partial charge in [0, 0.05) is 22.5 Å². The largest absolute Gasteiger partial charge is 0.335 e. The third kappa shape index (κ3) is 1.90. The predicted molar refractivity (Wildman–Crippen MR) is 64.5 cm³/mol. The Morgan fingerprint density at radius 2 is 2.33 bits per heavy atom. The molecule has 0 bridgehead atoms. The van der Waals surface area contributed by atoms with Crippen LogP contribution in [-0.4, -0.2) is 12.8 Å². The normalized spacial score (nSPS) is 16.9. The molecule has 1 heterocycles. The summed E-state index contributed by atoms with van der Waals surface area (Å²) >= 11 is 7.54. The number of anilines is 1. The summed E-state index contributed by atoms with van der Waals surface area (Å²) in [4.78, 5) is 13.7. The van der Waals surface area contributed by atoms with Crippen molar-refractivity contribution in [1.29, 1.82) is 0 Å². The fourth-order valence-electron chi connectivity index (χ4n) is 1.58. The van der Waals surface area contributed by atoms with Gasteiger partial charge in [0.2, 0.25) is 0 Å². The van der Waals surface area contributed by atoms with E-state index in [0.717, 1.165) is 33.5 Å². The van der Waals surface area contributed by atoms with Gasteiger partial charge in [-0.05, 0) is 25.1 Å². The van der Waals surface area contributed by atoms with Crippen molar-refractivity contribution in [2.24, 2.45) is 0 Å². The Morgan fingerprint density at radius 3 is 3.00 bits per heavy atom. The van der Waals surface area contributed by atoms with E-state index in [2.05, 4.69) is 11.8 Å². The molecule has 0 fully saturated rings. The first-order valence-electron chi connectivity index (χ1n) is 4.66. The molecule has 0 atom stereocenters. The number of thioether (sulfide) groups is 1. The minimum absolute atomic E-state index is 0.722. The van der Waals surface area contributed by atoms with E-state index in [9.17, 15) is 4.79 Å². The highest BCUT2D eigenvalue weighted by Crippen LogP contribution is 2.46. The van der Waals surface area contributed by atoms with Gasteiger partial charge in [-0.1, -0.05) is 23.4 Å². The second-order valence-corrected chi connectivity index (χ2v) is 4.60. The van der Waals surface area contributed by atoms with Crippen LogP contribution < -0.4 is 4.90 Å². The third-order valence-electron chi connectivity index (χ3n) is 2.22. The lowest BCUT2D eigenvalue weighted by atomic mass is 10.3. The minimum Gasteiger partial charge on any atom is -0.335 e. The maximum atomic E-state index is 10.5. The first kappa shape index (κ1) is 10.6. The molecule has 1 aromatic carbocycles. The molecule has 1 aromatic rings. The van der Waals surface area contributed by atoms with Crippen molar-refractivity contribution in [3.05, 3.63) is 34.3 Å². The van der Waals surface area contributed by atoms with E-state index in [1.54, 1.807) is 17.8 Å². The van der Waals surface area contributed by atoms with Crippen LogP contribution >= 0.6 is 23.4 Å². The van der Waals surface area contributed by atoms with Crippen LogP contribution in [0.4, 0.5) is 5.69 Å². The van der Waals surface area contributed by atoms with Crippen molar-refractivity contribution in [2.45, 2.75) is 11.8 Å². The van der Waals surface area contributed by atoms with Crippen LogP contribution in [0.5, 0.6) is 0 Å². The van der Waals surface area contributed by atoms with E-state index in [1.807, 2.05) is 18.2 Å². The minimum atomic E-state index is 0.722. The Bertz CT molecular complexity index is 431. The molecular weight excluding hydrogens is 230 g/mol. The maximum absolute atomic E-state index is 10.5. The summed E-state index contributed by atoms with van der Waals surface area (Å²) in [5.74, 6) is 0. The highest BCUT2D eigenvalue weighted by Gasteiger charge is 2.23. The summed E-state index contributed by atoms with van der Waals surface area (Å²) in [7, 11) is 0. The number of fused-ring (bicyclic) bond motifs is 1. The van der Waals surface area contributed by atoms with Crippen LogP contribution in [-0.2, 0) is 4.79 Å². The standard InChI is InChI=1S/C11H10ClNOS/c1-2-13-9-7-8(12)3-4-10(9)15-11(13)5-6-14/h3-7H,2H2,1H3/b11-5-. The van der Waals surface area contributed by atoms with Gasteiger partial charge in [0.1, 0.15) is 6.29 Å². The highest BCUT2D eigenvalue weighted by atomic mass is 35.5. The van der Waals surface area contributed by atoms with Gasteiger partial charge < -0.3 is 4.90 Å². The predicted octanol–water partition coefficient (Wildman–Crippen LogP) is 3.31. The first-order valence-corrected chi connectivity index (χ1v) is 5.86. The van der Waals surface area contributed by atoms with E-state index in [4.69, 9.17) is 11.6 Å². The monoisotopic (exact) mass is 239 g/mol. The Balaban J connectivity index is 2.46. The molecule has 1 aliphatic heterocycles. The Labute approximate surface area is 97.9 Å². The number of carbonyl (C=O) groups is 1. The molecule has 0 saturated carbocycles. The molecule has 0 N–H and O–H groups in total.